The van der Waals surface area contributed by atoms with E-state index in [0.29, 0.717) is 17.0 Å². The number of benzene rings is 3. The number of carbonyl (C=O) groups excluding carboxylic acids is 3. The summed E-state index contributed by atoms with van der Waals surface area (Å²) < 4.78 is 20.4. The summed E-state index contributed by atoms with van der Waals surface area (Å²) in [7, 11) is 0. The third kappa shape index (κ3) is 6.30. The molecule has 1 heterocycles. The molecule has 3 aromatic carbocycles. The van der Waals surface area contributed by atoms with E-state index in [9.17, 15) is 18.8 Å². The summed E-state index contributed by atoms with van der Waals surface area (Å²) in [5.74, 6) is -0.984. The van der Waals surface area contributed by atoms with Crippen molar-refractivity contribution in [3.63, 3.8) is 0 Å². The molecule has 3 amide bonds. The van der Waals surface area contributed by atoms with Crippen LogP contribution in [0.2, 0.25) is 5.02 Å². The monoisotopic (exact) mass is 574 g/mol. The summed E-state index contributed by atoms with van der Waals surface area (Å²) in [6.07, 6.45) is 1.56. The second kappa shape index (κ2) is 11.1. The topological polar surface area (TPSA) is 75.7 Å². The molecule has 4 rings (SSSR count). The van der Waals surface area contributed by atoms with Gasteiger partial charge in [0.05, 0.1) is 9.93 Å². The van der Waals surface area contributed by atoms with E-state index in [1.165, 1.54) is 12.1 Å². The minimum atomic E-state index is -0.541. The Morgan fingerprint density at radius 1 is 1.09 bits per heavy atom. The fourth-order valence-electron chi connectivity index (χ4n) is 3.15. The summed E-state index contributed by atoms with van der Waals surface area (Å²) in [6, 6.07) is 18.1. The van der Waals surface area contributed by atoms with Crippen molar-refractivity contribution in [3.8, 4) is 5.75 Å². The average Bonchev–Trinajstić information content (AvgIpc) is 3.08. The third-order valence-corrected chi connectivity index (χ3v) is 6.72. The largest absolute Gasteiger partial charge is 0.489 e. The van der Waals surface area contributed by atoms with Crippen LogP contribution in [-0.2, 0) is 16.2 Å². The zero-order chi connectivity index (χ0) is 24.9. The first-order chi connectivity index (χ1) is 16.8. The van der Waals surface area contributed by atoms with E-state index in [0.717, 1.165) is 21.1 Å². The zero-order valence-corrected chi connectivity index (χ0v) is 21.1. The second-order valence-corrected chi connectivity index (χ2v) is 9.70. The minimum Gasteiger partial charge on any atom is -0.489 e. The molecule has 178 valence electrons. The van der Waals surface area contributed by atoms with Crippen LogP contribution in [0.25, 0.3) is 6.08 Å². The van der Waals surface area contributed by atoms with Gasteiger partial charge in [-0.3, -0.25) is 19.3 Å². The standard InChI is InChI=1S/C25H17BrClFN2O4S/c26-16-6-8-17(9-7-16)29-23(31)13-30-24(32)22(35-25(30)33)12-15-4-10-18(11-5-15)34-14-19-20(27)2-1-3-21(19)28/h1-12H,13-14H2,(H,29,31)/b22-12-. The summed E-state index contributed by atoms with van der Waals surface area (Å²) >= 11 is 10.1. The van der Waals surface area contributed by atoms with Crippen molar-refractivity contribution in [2.45, 2.75) is 6.61 Å². The van der Waals surface area contributed by atoms with Crippen molar-refractivity contribution in [2.24, 2.45) is 0 Å². The molecule has 0 spiro atoms. The van der Waals surface area contributed by atoms with E-state index >= 15 is 0 Å². The number of amides is 3. The number of nitrogens with zero attached hydrogens (tertiary/aromatic N) is 1. The number of carbonyl (C=O) groups is 3. The number of hydrogen-bond donors (Lipinski definition) is 1. The minimum absolute atomic E-state index is 0.0357. The van der Waals surface area contributed by atoms with E-state index in [1.54, 1.807) is 60.7 Å². The molecule has 0 radical (unpaired) electrons. The molecule has 1 saturated heterocycles. The van der Waals surface area contributed by atoms with Gasteiger partial charge >= 0.3 is 0 Å². The van der Waals surface area contributed by atoms with Gasteiger partial charge in [0.15, 0.2) is 0 Å². The predicted molar refractivity (Wildman–Crippen MR) is 138 cm³/mol. The van der Waals surface area contributed by atoms with Crippen molar-refractivity contribution >= 4 is 68.1 Å². The predicted octanol–water partition coefficient (Wildman–Crippen LogP) is 6.50. The van der Waals surface area contributed by atoms with Gasteiger partial charge in [0.2, 0.25) is 5.91 Å². The number of halogens is 3. The first kappa shape index (κ1) is 25.0. The Balaban J connectivity index is 1.37. The van der Waals surface area contributed by atoms with Crippen LogP contribution in [0, 0.1) is 5.82 Å². The molecule has 1 N–H and O–H groups in total. The van der Waals surface area contributed by atoms with Gasteiger partial charge in [-0.1, -0.05) is 45.7 Å². The normalized spacial score (nSPS) is 14.5. The molecule has 1 aliphatic heterocycles. The van der Waals surface area contributed by atoms with Gasteiger partial charge in [-0.05, 0) is 71.9 Å². The van der Waals surface area contributed by atoms with Crippen LogP contribution in [0.5, 0.6) is 5.75 Å². The zero-order valence-electron chi connectivity index (χ0n) is 18.0. The summed E-state index contributed by atoms with van der Waals surface area (Å²) in [5.41, 5.74) is 1.47. The molecule has 0 aromatic heterocycles. The lowest BCUT2D eigenvalue weighted by Gasteiger charge is -2.12. The van der Waals surface area contributed by atoms with Crippen molar-refractivity contribution < 1.29 is 23.5 Å². The third-order valence-electron chi connectivity index (χ3n) is 4.93. The molecule has 0 bridgehead atoms. The number of ether oxygens (including phenoxy) is 1. The van der Waals surface area contributed by atoms with Gasteiger partial charge in [-0.15, -0.1) is 0 Å². The first-order valence-corrected chi connectivity index (χ1v) is 12.3. The maximum Gasteiger partial charge on any atom is 0.294 e. The molecule has 10 heteroatoms. The first-order valence-electron chi connectivity index (χ1n) is 10.3. The summed E-state index contributed by atoms with van der Waals surface area (Å²) in [6.45, 7) is -0.421. The van der Waals surface area contributed by atoms with E-state index in [1.807, 2.05) is 0 Å². The molecule has 1 aliphatic rings. The second-order valence-electron chi connectivity index (χ2n) is 7.38. The van der Waals surface area contributed by atoms with E-state index in [-0.39, 0.29) is 28.6 Å². The summed E-state index contributed by atoms with van der Waals surface area (Å²) in [4.78, 5) is 38.4. The van der Waals surface area contributed by atoms with Crippen molar-refractivity contribution in [2.75, 3.05) is 11.9 Å². The van der Waals surface area contributed by atoms with Gasteiger partial charge in [0.1, 0.15) is 24.7 Å². The number of nitrogens with one attached hydrogen (secondary N) is 1. The molecule has 0 aliphatic carbocycles. The molecule has 35 heavy (non-hydrogen) atoms. The Labute approximate surface area is 218 Å². The highest BCUT2D eigenvalue weighted by atomic mass is 79.9. The van der Waals surface area contributed by atoms with E-state index < -0.39 is 22.9 Å². The van der Waals surface area contributed by atoms with Crippen LogP contribution in [-0.4, -0.2) is 28.5 Å². The Morgan fingerprint density at radius 2 is 1.80 bits per heavy atom. The summed E-state index contributed by atoms with van der Waals surface area (Å²) in [5, 5.41) is 2.42. The van der Waals surface area contributed by atoms with Gasteiger partial charge in [0.25, 0.3) is 11.1 Å². The van der Waals surface area contributed by atoms with Crippen LogP contribution in [0.3, 0.4) is 0 Å². The Hall–Kier alpha value is -3.14. The van der Waals surface area contributed by atoms with Crippen LogP contribution >= 0.6 is 39.3 Å². The van der Waals surface area contributed by atoms with Crippen LogP contribution in [0.1, 0.15) is 11.1 Å². The fraction of sp³-hybridized carbons (Fsp3) is 0.0800. The van der Waals surface area contributed by atoms with Crippen molar-refractivity contribution in [1.29, 1.82) is 0 Å². The molecule has 6 nitrogen and oxygen atoms in total. The highest BCUT2D eigenvalue weighted by Gasteiger charge is 2.36. The number of rotatable bonds is 7. The SMILES string of the molecule is O=C(CN1C(=O)S/C(=C\c2ccc(OCc3c(F)cccc3Cl)cc2)C1=O)Nc1ccc(Br)cc1. The van der Waals surface area contributed by atoms with Gasteiger partial charge in [-0.2, -0.15) is 0 Å². The number of anilines is 1. The highest BCUT2D eigenvalue weighted by Crippen LogP contribution is 2.32. The van der Waals surface area contributed by atoms with Crippen LogP contribution in [0.4, 0.5) is 14.9 Å². The van der Waals surface area contributed by atoms with Crippen LogP contribution in [0.15, 0.2) is 76.1 Å². The molecular weight excluding hydrogens is 559 g/mol. The van der Waals surface area contributed by atoms with Gasteiger partial charge < -0.3 is 10.1 Å². The molecule has 3 aromatic rings. The maximum absolute atomic E-state index is 13.9. The maximum atomic E-state index is 13.9. The van der Waals surface area contributed by atoms with Crippen molar-refractivity contribution in [3.05, 3.63) is 98.1 Å². The lowest BCUT2D eigenvalue weighted by Crippen LogP contribution is -2.36. The van der Waals surface area contributed by atoms with Gasteiger partial charge in [-0.25, -0.2) is 4.39 Å². The Morgan fingerprint density at radius 3 is 2.49 bits per heavy atom. The quantitative estimate of drug-likeness (QED) is 0.326. The lowest BCUT2D eigenvalue weighted by molar-refractivity contribution is -0.127. The number of imide groups is 1. The lowest BCUT2D eigenvalue weighted by atomic mass is 10.2. The molecular formula is C25H17BrClFN2O4S. The fourth-order valence-corrected chi connectivity index (χ4v) is 4.47. The molecule has 0 unspecified atom stereocenters. The molecule has 0 atom stereocenters. The smallest absolute Gasteiger partial charge is 0.294 e. The molecule has 1 fully saturated rings. The van der Waals surface area contributed by atoms with Crippen molar-refractivity contribution in [1.82, 2.24) is 4.90 Å². The Bertz CT molecular complexity index is 1300. The Kier molecular flexibility index (Phi) is 7.90. The molecule has 0 saturated carbocycles. The van der Waals surface area contributed by atoms with E-state index in [2.05, 4.69) is 21.2 Å². The van der Waals surface area contributed by atoms with Crippen LogP contribution < -0.4 is 10.1 Å². The number of thioether (sulfide) groups is 1. The van der Waals surface area contributed by atoms with E-state index in [4.69, 9.17) is 16.3 Å². The highest BCUT2D eigenvalue weighted by molar-refractivity contribution is 9.10. The van der Waals surface area contributed by atoms with Gasteiger partial charge in [0, 0.05) is 15.7 Å². The average molecular weight is 576 g/mol. The number of hydrogen-bond acceptors (Lipinski definition) is 5.